The van der Waals surface area contributed by atoms with Gasteiger partial charge in [-0.2, -0.15) is 4.31 Å². The summed E-state index contributed by atoms with van der Waals surface area (Å²) in [6.07, 6.45) is 3.65. The van der Waals surface area contributed by atoms with Gasteiger partial charge in [-0.25, -0.2) is 13.4 Å². The van der Waals surface area contributed by atoms with Gasteiger partial charge in [0.15, 0.2) is 5.76 Å². The second-order valence-electron chi connectivity index (χ2n) is 8.37. The van der Waals surface area contributed by atoms with E-state index in [-0.39, 0.29) is 29.1 Å². The van der Waals surface area contributed by atoms with Crippen molar-refractivity contribution in [2.45, 2.75) is 51.0 Å². The number of aryl methyl sites for hydroxylation is 2. The Morgan fingerprint density at radius 2 is 2.06 bits per heavy atom. The molecule has 9 nitrogen and oxygen atoms in total. The Balaban J connectivity index is 1.46. The summed E-state index contributed by atoms with van der Waals surface area (Å²) in [5.41, 5.74) is 2.23. The molecule has 1 fully saturated rings. The highest BCUT2D eigenvalue weighted by Crippen LogP contribution is 2.28. The van der Waals surface area contributed by atoms with Crippen LogP contribution in [0.25, 0.3) is 11.3 Å². The first-order valence-corrected chi connectivity index (χ1v) is 12.6. The molecular weight excluding hydrogens is 442 g/mol. The number of hydrogen-bond acceptors (Lipinski definition) is 6. The lowest BCUT2D eigenvalue weighted by molar-refractivity contribution is -0.126. The van der Waals surface area contributed by atoms with Crippen LogP contribution in [0.2, 0.25) is 0 Å². The van der Waals surface area contributed by atoms with Crippen LogP contribution < -0.4 is 5.32 Å². The maximum atomic E-state index is 13.2. The summed E-state index contributed by atoms with van der Waals surface area (Å²) in [5.74, 6) is 0.336. The van der Waals surface area contributed by atoms with Crippen molar-refractivity contribution >= 4 is 15.9 Å². The number of imidazole rings is 1. The van der Waals surface area contributed by atoms with E-state index in [1.807, 2.05) is 37.3 Å². The third kappa shape index (κ3) is 4.72. The van der Waals surface area contributed by atoms with Crippen LogP contribution in [0.5, 0.6) is 0 Å². The topological polar surface area (TPSA) is 121 Å². The lowest BCUT2D eigenvalue weighted by Gasteiger charge is -2.31. The Hall–Kier alpha value is -2.98. The van der Waals surface area contributed by atoms with Crippen LogP contribution in [0.15, 0.2) is 45.9 Å². The van der Waals surface area contributed by atoms with Crippen molar-refractivity contribution in [1.82, 2.24) is 24.7 Å². The SMILES string of the molecule is CCC(NC(=O)C1CCCN(S(=O)(=O)c2c(C)noc2C)C1)c1ncc(-c2ccccc2)[nH]1. The number of nitrogens with one attached hydrogen (secondary N) is 2. The van der Waals surface area contributed by atoms with E-state index in [1.54, 1.807) is 20.0 Å². The predicted octanol–water partition coefficient (Wildman–Crippen LogP) is 3.35. The van der Waals surface area contributed by atoms with Gasteiger partial charge in [0.25, 0.3) is 0 Å². The average molecular weight is 472 g/mol. The zero-order chi connectivity index (χ0) is 23.6. The van der Waals surface area contributed by atoms with E-state index in [2.05, 4.69) is 20.4 Å². The molecule has 0 aliphatic carbocycles. The molecule has 0 saturated carbocycles. The molecule has 0 radical (unpaired) electrons. The van der Waals surface area contributed by atoms with Gasteiger partial charge in [0.2, 0.25) is 15.9 Å². The van der Waals surface area contributed by atoms with Crippen molar-refractivity contribution in [2.75, 3.05) is 13.1 Å². The normalized spacial score (nSPS) is 18.2. The molecule has 1 amide bonds. The summed E-state index contributed by atoms with van der Waals surface area (Å²) in [7, 11) is -3.78. The largest absolute Gasteiger partial charge is 0.360 e. The van der Waals surface area contributed by atoms with Crippen molar-refractivity contribution in [3.8, 4) is 11.3 Å². The van der Waals surface area contributed by atoms with E-state index < -0.39 is 15.9 Å². The molecule has 3 heterocycles. The lowest BCUT2D eigenvalue weighted by Crippen LogP contribution is -2.46. The zero-order valence-electron chi connectivity index (χ0n) is 19.0. The van der Waals surface area contributed by atoms with Gasteiger partial charge in [-0.1, -0.05) is 42.4 Å². The smallest absolute Gasteiger partial charge is 0.248 e. The van der Waals surface area contributed by atoms with E-state index in [4.69, 9.17) is 4.52 Å². The second kappa shape index (κ2) is 9.48. The minimum Gasteiger partial charge on any atom is -0.360 e. The van der Waals surface area contributed by atoms with Gasteiger partial charge in [-0.3, -0.25) is 4.79 Å². The van der Waals surface area contributed by atoms with Crippen molar-refractivity contribution in [2.24, 2.45) is 5.92 Å². The standard InChI is InChI=1S/C23H29N5O4S/c1-4-19(22-24-13-20(25-22)17-9-6-5-7-10-17)26-23(29)18-11-8-12-28(14-18)33(30,31)21-15(2)27-32-16(21)3/h5-7,9-10,13,18-19H,4,8,11-12,14H2,1-3H3,(H,24,25)(H,26,29). The Kier molecular flexibility index (Phi) is 6.66. The van der Waals surface area contributed by atoms with E-state index in [0.717, 1.165) is 11.3 Å². The van der Waals surface area contributed by atoms with Crippen LogP contribution in [0, 0.1) is 19.8 Å². The van der Waals surface area contributed by atoms with Crippen molar-refractivity contribution in [3.05, 3.63) is 53.8 Å². The van der Waals surface area contributed by atoms with Gasteiger partial charge in [0, 0.05) is 13.1 Å². The predicted molar refractivity (Wildman–Crippen MR) is 123 cm³/mol. The average Bonchev–Trinajstić information content (AvgIpc) is 3.45. The fourth-order valence-corrected chi connectivity index (χ4v) is 6.09. The summed E-state index contributed by atoms with van der Waals surface area (Å²) >= 11 is 0. The van der Waals surface area contributed by atoms with E-state index in [0.29, 0.717) is 37.3 Å². The second-order valence-corrected chi connectivity index (χ2v) is 10.2. The molecule has 0 bridgehead atoms. The van der Waals surface area contributed by atoms with Gasteiger partial charge in [-0.15, -0.1) is 0 Å². The van der Waals surface area contributed by atoms with Gasteiger partial charge in [0.05, 0.1) is 23.9 Å². The molecule has 10 heteroatoms. The fraction of sp³-hybridized carbons (Fsp3) is 0.435. The van der Waals surface area contributed by atoms with Crippen molar-refractivity contribution in [3.63, 3.8) is 0 Å². The molecule has 1 saturated heterocycles. The van der Waals surface area contributed by atoms with Crippen LogP contribution in [0.1, 0.15) is 49.5 Å². The van der Waals surface area contributed by atoms with E-state index in [9.17, 15) is 13.2 Å². The fourth-order valence-electron chi connectivity index (χ4n) is 4.28. The van der Waals surface area contributed by atoms with Gasteiger partial charge in [-0.05, 0) is 38.7 Å². The number of amides is 1. The summed E-state index contributed by atoms with van der Waals surface area (Å²) in [4.78, 5) is 21.0. The summed E-state index contributed by atoms with van der Waals surface area (Å²) in [6.45, 7) is 5.66. The number of aromatic amines is 1. The monoisotopic (exact) mass is 471 g/mol. The summed E-state index contributed by atoms with van der Waals surface area (Å²) in [6, 6.07) is 9.57. The van der Waals surface area contributed by atoms with Crippen LogP contribution in [0.4, 0.5) is 0 Å². The van der Waals surface area contributed by atoms with E-state index >= 15 is 0 Å². The van der Waals surface area contributed by atoms with Crippen LogP contribution in [-0.4, -0.2) is 46.8 Å². The first-order chi connectivity index (χ1) is 15.8. The zero-order valence-corrected chi connectivity index (χ0v) is 19.9. The van der Waals surface area contributed by atoms with Crippen molar-refractivity contribution in [1.29, 1.82) is 0 Å². The van der Waals surface area contributed by atoms with Gasteiger partial charge < -0.3 is 14.8 Å². The molecule has 3 aromatic rings. The molecule has 2 unspecified atom stereocenters. The number of nitrogens with zero attached hydrogens (tertiary/aromatic N) is 3. The number of carbonyl (C=O) groups excluding carboxylic acids is 1. The Morgan fingerprint density at radius 1 is 1.30 bits per heavy atom. The number of rotatable bonds is 7. The maximum Gasteiger partial charge on any atom is 0.248 e. The molecule has 4 rings (SSSR count). The molecule has 2 atom stereocenters. The van der Waals surface area contributed by atoms with Crippen LogP contribution in [-0.2, 0) is 14.8 Å². The van der Waals surface area contributed by atoms with Crippen LogP contribution >= 0.6 is 0 Å². The molecular formula is C23H29N5O4S. The Morgan fingerprint density at radius 3 is 2.73 bits per heavy atom. The number of H-pyrrole nitrogens is 1. The lowest BCUT2D eigenvalue weighted by atomic mass is 9.98. The highest BCUT2D eigenvalue weighted by molar-refractivity contribution is 7.89. The molecule has 2 aromatic heterocycles. The number of hydrogen-bond donors (Lipinski definition) is 2. The summed E-state index contributed by atoms with van der Waals surface area (Å²) in [5, 5.41) is 6.83. The molecule has 1 aliphatic rings. The van der Waals surface area contributed by atoms with E-state index in [1.165, 1.54) is 4.31 Å². The van der Waals surface area contributed by atoms with Crippen molar-refractivity contribution < 1.29 is 17.7 Å². The number of aromatic nitrogens is 3. The number of carbonyl (C=O) groups is 1. The molecule has 1 aromatic carbocycles. The Bertz CT molecular complexity index is 1200. The molecule has 176 valence electrons. The molecule has 33 heavy (non-hydrogen) atoms. The molecule has 0 spiro atoms. The minimum atomic E-state index is -3.78. The molecule has 2 N–H and O–H groups in total. The molecule has 1 aliphatic heterocycles. The minimum absolute atomic E-state index is 0.0963. The first kappa shape index (κ1) is 23.2. The highest BCUT2D eigenvalue weighted by atomic mass is 32.2. The van der Waals surface area contributed by atoms with Gasteiger partial charge >= 0.3 is 0 Å². The number of sulfonamides is 1. The highest BCUT2D eigenvalue weighted by Gasteiger charge is 2.37. The van der Waals surface area contributed by atoms with Gasteiger partial charge in [0.1, 0.15) is 16.4 Å². The quantitative estimate of drug-likeness (QED) is 0.545. The maximum absolute atomic E-state index is 13.2. The first-order valence-electron chi connectivity index (χ1n) is 11.1. The third-order valence-electron chi connectivity index (χ3n) is 6.06. The third-order valence-corrected chi connectivity index (χ3v) is 8.17. The van der Waals surface area contributed by atoms with Crippen LogP contribution in [0.3, 0.4) is 0 Å². The Labute approximate surface area is 193 Å². The number of benzene rings is 1. The summed E-state index contributed by atoms with van der Waals surface area (Å²) < 4.78 is 32.8. The number of piperidine rings is 1.